The molecule has 2 amide bonds. The summed E-state index contributed by atoms with van der Waals surface area (Å²) >= 11 is 0. The van der Waals surface area contributed by atoms with E-state index >= 15 is 0 Å². The number of nitrogens with zero attached hydrogens (tertiary/aromatic N) is 1. The zero-order valence-corrected chi connectivity index (χ0v) is 32.1. The van der Waals surface area contributed by atoms with Crippen molar-refractivity contribution >= 4 is 27.6 Å². The number of nitrogens with one attached hydrogen (secondary N) is 1. The molecule has 0 aliphatic carbocycles. The fourth-order valence-corrected chi connectivity index (χ4v) is 8.45. The van der Waals surface area contributed by atoms with Crippen LogP contribution < -0.4 is 11.1 Å². The number of amides is 2. The second kappa shape index (κ2) is 21.1. The number of carbonyl (C=O) groups excluding carboxylic acids is 3. The minimum atomic E-state index is -5.47. The fourth-order valence-electron chi connectivity index (χ4n) is 6.29. The van der Waals surface area contributed by atoms with Crippen LogP contribution in [0.25, 0.3) is 0 Å². The maximum Gasteiger partial charge on any atom is 0.490 e. The average molecular weight is 796 g/mol. The third kappa shape index (κ3) is 14.7. The molecule has 0 fully saturated rings. The number of hydrogen-bond acceptors (Lipinski definition) is 7. The topological polar surface area (TPSA) is 136 Å². The summed E-state index contributed by atoms with van der Waals surface area (Å²) in [6.45, 7) is 4.43. The molecule has 302 valence electrons. The molecule has 9 nitrogen and oxygen atoms in total. The van der Waals surface area contributed by atoms with Crippen molar-refractivity contribution in [1.82, 2.24) is 10.2 Å². The van der Waals surface area contributed by atoms with E-state index < -0.39 is 87.6 Å². The van der Waals surface area contributed by atoms with Gasteiger partial charge in [0.2, 0.25) is 11.8 Å². The lowest BCUT2D eigenvalue weighted by Gasteiger charge is -2.34. The molecule has 3 aromatic rings. The molecule has 3 rings (SSSR count). The Morgan fingerprint density at radius 1 is 0.836 bits per heavy atom. The Kier molecular flexibility index (Phi) is 17.3. The summed E-state index contributed by atoms with van der Waals surface area (Å²) in [7, 11) is -4.04. The van der Waals surface area contributed by atoms with Crippen molar-refractivity contribution in [3.63, 3.8) is 0 Å². The number of carbonyl (C=O) groups is 3. The summed E-state index contributed by atoms with van der Waals surface area (Å²) in [6, 6.07) is 15.1. The van der Waals surface area contributed by atoms with Gasteiger partial charge in [0.1, 0.15) is 23.8 Å². The number of aryl methyl sites for hydroxylation is 2. The number of sulfone groups is 1. The number of hydrogen-bond donors (Lipinski definition) is 2. The number of esters is 1. The van der Waals surface area contributed by atoms with Gasteiger partial charge in [-0.25, -0.2) is 22.0 Å². The number of ether oxygens (including phenoxy) is 1. The molecule has 0 bridgehead atoms. The fraction of sp³-hybridized carbons (Fsp3) is 0.475. The van der Waals surface area contributed by atoms with E-state index in [4.69, 9.17) is 10.5 Å². The predicted molar refractivity (Wildman–Crippen MR) is 199 cm³/mol. The summed E-state index contributed by atoms with van der Waals surface area (Å²) in [5.74, 6) is -6.99. The van der Waals surface area contributed by atoms with Gasteiger partial charge in [0.05, 0.1) is 17.5 Å². The lowest BCUT2D eigenvalue weighted by atomic mass is 10.0. The molecule has 0 aliphatic rings. The molecule has 55 heavy (non-hydrogen) atoms. The monoisotopic (exact) mass is 795 g/mol. The van der Waals surface area contributed by atoms with E-state index in [0.29, 0.717) is 43.7 Å². The third-order valence-corrected chi connectivity index (χ3v) is 11.4. The number of rotatable bonds is 21. The van der Waals surface area contributed by atoms with Gasteiger partial charge in [-0.05, 0) is 66.5 Å². The van der Waals surface area contributed by atoms with Crippen molar-refractivity contribution in [2.45, 2.75) is 108 Å². The van der Waals surface area contributed by atoms with E-state index in [1.165, 1.54) is 0 Å². The van der Waals surface area contributed by atoms with E-state index in [1.807, 2.05) is 26.8 Å². The van der Waals surface area contributed by atoms with Gasteiger partial charge >= 0.3 is 12.1 Å². The van der Waals surface area contributed by atoms with Crippen molar-refractivity contribution in [2.24, 2.45) is 5.73 Å². The third-order valence-electron chi connectivity index (χ3n) is 9.09. The van der Waals surface area contributed by atoms with Crippen LogP contribution in [0.5, 0.6) is 0 Å². The first kappa shape index (κ1) is 45.0. The van der Waals surface area contributed by atoms with E-state index in [9.17, 15) is 44.8 Å². The van der Waals surface area contributed by atoms with E-state index in [1.54, 1.807) is 48.5 Å². The molecule has 0 saturated carbocycles. The molecule has 3 N–H and O–H groups in total. The van der Waals surface area contributed by atoms with Crippen LogP contribution in [-0.2, 0) is 54.8 Å². The van der Waals surface area contributed by atoms with Crippen LogP contribution in [-0.4, -0.2) is 73.0 Å². The molecule has 0 heterocycles. The van der Waals surface area contributed by atoms with E-state index in [-0.39, 0.29) is 24.9 Å². The van der Waals surface area contributed by atoms with Gasteiger partial charge in [0, 0.05) is 25.1 Å². The van der Waals surface area contributed by atoms with Crippen LogP contribution in [0.4, 0.5) is 22.0 Å². The lowest BCUT2D eigenvalue weighted by Crippen LogP contribution is -2.56. The highest BCUT2D eigenvalue weighted by Gasteiger charge is 2.44. The van der Waals surface area contributed by atoms with E-state index in [2.05, 4.69) is 5.32 Å². The highest BCUT2D eigenvalue weighted by molar-refractivity contribution is 7.92. The lowest BCUT2D eigenvalue weighted by molar-refractivity contribution is -0.206. The van der Waals surface area contributed by atoms with Gasteiger partial charge in [-0.3, -0.25) is 9.59 Å². The van der Waals surface area contributed by atoms with Gasteiger partial charge in [0.15, 0.2) is 9.84 Å². The van der Waals surface area contributed by atoms with Crippen LogP contribution in [0, 0.1) is 11.6 Å². The molecular formula is C40H50F5N3O6S. The summed E-state index contributed by atoms with van der Waals surface area (Å²) in [4.78, 5) is 41.3. The smallest absolute Gasteiger partial charge is 0.452 e. The Bertz CT molecular complexity index is 1800. The Balaban J connectivity index is 2.09. The molecule has 3 aromatic carbocycles. The molecule has 15 heteroatoms. The Morgan fingerprint density at radius 3 is 2.02 bits per heavy atom. The average Bonchev–Trinajstić information content (AvgIpc) is 3.12. The second-order valence-electron chi connectivity index (χ2n) is 13.6. The van der Waals surface area contributed by atoms with Crippen molar-refractivity contribution in [3.05, 3.63) is 107 Å². The highest BCUT2D eigenvalue weighted by Crippen LogP contribution is 2.23. The molecule has 0 aliphatic heterocycles. The first-order valence-corrected chi connectivity index (χ1v) is 20.1. The van der Waals surface area contributed by atoms with Crippen molar-refractivity contribution < 1.29 is 49.5 Å². The normalized spacial score (nSPS) is 13.6. The predicted octanol–water partition coefficient (Wildman–Crippen LogP) is 6.40. The number of halogens is 5. The summed E-state index contributed by atoms with van der Waals surface area (Å²) in [6.07, 6.45) is -5.42. The molecular weight excluding hydrogens is 746 g/mol. The van der Waals surface area contributed by atoms with Gasteiger partial charge in [-0.1, -0.05) is 88.2 Å². The SMILES string of the molecule is CCCC(CCC)S(=O)(=O)C[C@H](NC(=O)CCc1ccccc1)C(=O)N(Cc1cccc(CC)c1)C[C@@H](OC(=O)C(F)(F)F)[C@@H](N)Cc1cc(F)cc(F)c1. The Morgan fingerprint density at radius 2 is 1.44 bits per heavy atom. The van der Waals surface area contributed by atoms with Crippen LogP contribution in [0.2, 0.25) is 0 Å². The second-order valence-corrected chi connectivity index (χ2v) is 15.9. The van der Waals surface area contributed by atoms with Crippen LogP contribution in [0.1, 0.15) is 75.1 Å². The van der Waals surface area contributed by atoms with Crippen molar-refractivity contribution in [3.8, 4) is 0 Å². The number of nitrogens with two attached hydrogens (primary N) is 1. The Hall–Kier alpha value is -4.37. The zero-order valence-electron chi connectivity index (χ0n) is 31.3. The zero-order chi connectivity index (χ0) is 40.8. The first-order chi connectivity index (χ1) is 25.9. The maximum absolute atomic E-state index is 14.7. The van der Waals surface area contributed by atoms with Gasteiger partial charge < -0.3 is 20.7 Å². The molecule has 0 aromatic heterocycles. The maximum atomic E-state index is 14.7. The van der Waals surface area contributed by atoms with Crippen molar-refractivity contribution in [1.29, 1.82) is 0 Å². The summed E-state index contributed by atoms with van der Waals surface area (Å²) < 4.78 is 101. The summed E-state index contributed by atoms with van der Waals surface area (Å²) in [5, 5.41) is 1.75. The molecule has 3 atom stereocenters. The van der Waals surface area contributed by atoms with Gasteiger partial charge in [-0.2, -0.15) is 13.2 Å². The quantitative estimate of drug-likeness (QED) is 0.0942. The first-order valence-electron chi connectivity index (χ1n) is 18.3. The van der Waals surface area contributed by atoms with Crippen LogP contribution in [0.3, 0.4) is 0 Å². The van der Waals surface area contributed by atoms with Crippen LogP contribution >= 0.6 is 0 Å². The minimum absolute atomic E-state index is 0.0564. The number of benzene rings is 3. The number of alkyl halides is 3. The molecule has 0 saturated heterocycles. The standard InChI is InChI=1S/C40H50F5N3O6S/c1-4-11-33(12-5-2)55(52,53)26-35(47-37(49)18-17-28-13-8-7-9-14-28)38(50)48(24-29-16-10-15-27(6-3)19-29)25-36(54-39(51)40(43,44)45)34(46)22-30-20-31(41)23-32(42)21-30/h7-10,13-16,19-21,23,33-36H,4-6,11-12,17-18,22,24-26,46H2,1-3H3,(H,47,49)/t34-,35-,36+/m0/s1. The van der Waals surface area contributed by atoms with Crippen molar-refractivity contribution in [2.75, 3.05) is 12.3 Å². The highest BCUT2D eigenvalue weighted by atomic mass is 32.2. The summed E-state index contributed by atoms with van der Waals surface area (Å²) in [5.41, 5.74) is 8.41. The Labute approximate surface area is 319 Å². The minimum Gasteiger partial charge on any atom is -0.452 e. The van der Waals surface area contributed by atoms with Gasteiger partial charge in [0.25, 0.3) is 0 Å². The molecule has 0 spiro atoms. The molecule has 0 unspecified atom stereocenters. The molecule has 0 radical (unpaired) electrons. The van der Waals surface area contributed by atoms with E-state index in [0.717, 1.165) is 28.2 Å². The van der Waals surface area contributed by atoms with Gasteiger partial charge in [-0.15, -0.1) is 0 Å². The van der Waals surface area contributed by atoms with Crippen LogP contribution in [0.15, 0.2) is 72.8 Å². The largest absolute Gasteiger partial charge is 0.490 e.